The number of nitrogens with one attached hydrogen (secondary N) is 1. The van der Waals surface area contributed by atoms with Crippen molar-refractivity contribution in [2.24, 2.45) is 0 Å². The minimum absolute atomic E-state index is 0.109. The van der Waals surface area contributed by atoms with Crippen molar-refractivity contribution < 1.29 is 9.59 Å². The molecule has 0 spiro atoms. The Hall–Kier alpha value is -3.89. The number of hydrogen-bond acceptors (Lipinski definition) is 2. The number of hydrogen-bond donors (Lipinski definition) is 1. The summed E-state index contributed by atoms with van der Waals surface area (Å²) in [6.07, 6.45) is 0.624. The molecule has 0 aliphatic rings. The van der Waals surface area contributed by atoms with Crippen molar-refractivity contribution in [1.82, 2.24) is 10.2 Å². The fourth-order valence-electron chi connectivity index (χ4n) is 4.62. The quantitative estimate of drug-likeness (QED) is 0.274. The van der Waals surface area contributed by atoms with Crippen LogP contribution in [-0.2, 0) is 22.6 Å². The number of halogens is 1. The van der Waals surface area contributed by atoms with E-state index in [1.807, 2.05) is 115 Å². The average Bonchev–Trinajstić information content (AvgIpc) is 2.95. The van der Waals surface area contributed by atoms with E-state index in [0.717, 1.165) is 22.3 Å². The molecule has 0 aliphatic heterocycles. The van der Waals surface area contributed by atoms with Gasteiger partial charge in [0, 0.05) is 37.4 Å². The summed E-state index contributed by atoms with van der Waals surface area (Å²) in [6, 6.07) is 36.6. The molecule has 1 unspecified atom stereocenters. The van der Waals surface area contributed by atoms with Gasteiger partial charge in [0.2, 0.25) is 11.8 Å². The molecule has 4 nitrogen and oxygen atoms in total. The molecular formula is C32H31ClN2O2. The standard InChI is InChI=1S/C32H31ClN2O2/c1-34-32(37)30(21-24-13-5-2-6-14-24)35(23-27-19-11-12-20-29(27)33)31(36)22-28(25-15-7-3-8-16-25)26-17-9-4-10-18-26/h2-20,28,30H,21-23H2,1H3,(H,34,37). The minimum Gasteiger partial charge on any atom is -0.357 e. The molecule has 188 valence electrons. The summed E-state index contributed by atoms with van der Waals surface area (Å²) in [5.74, 6) is -0.465. The zero-order chi connectivity index (χ0) is 26.0. The Balaban J connectivity index is 1.72. The summed E-state index contributed by atoms with van der Waals surface area (Å²) in [5, 5.41) is 3.34. The van der Waals surface area contributed by atoms with Crippen LogP contribution in [0.4, 0.5) is 0 Å². The molecule has 1 N–H and O–H groups in total. The summed E-state index contributed by atoms with van der Waals surface area (Å²) >= 11 is 6.51. The second-order valence-corrected chi connectivity index (χ2v) is 9.42. The monoisotopic (exact) mass is 510 g/mol. The topological polar surface area (TPSA) is 49.4 Å². The van der Waals surface area contributed by atoms with E-state index in [0.29, 0.717) is 11.4 Å². The second-order valence-electron chi connectivity index (χ2n) is 9.01. The van der Waals surface area contributed by atoms with Crippen LogP contribution in [0.1, 0.15) is 34.6 Å². The van der Waals surface area contributed by atoms with Crippen molar-refractivity contribution in [3.63, 3.8) is 0 Å². The molecule has 0 bridgehead atoms. The smallest absolute Gasteiger partial charge is 0.242 e. The minimum atomic E-state index is -0.691. The molecule has 0 saturated carbocycles. The van der Waals surface area contributed by atoms with Gasteiger partial charge in [-0.2, -0.15) is 0 Å². The van der Waals surface area contributed by atoms with E-state index in [1.165, 1.54) is 0 Å². The fraction of sp³-hybridized carbons (Fsp3) is 0.188. The maximum Gasteiger partial charge on any atom is 0.242 e. The SMILES string of the molecule is CNC(=O)C(Cc1ccccc1)N(Cc1ccccc1Cl)C(=O)CC(c1ccccc1)c1ccccc1. The van der Waals surface area contributed by atoms with Gasteiger partial charge in [-0.05, 0) is 28.3 Å². The normalized spacial score (nSPS) is 11.6. The van der Waals surface area contributed by atoms with Crippen molar-refractivity contribution in [3.8, 4) is 0 Å². The Bertz CT molecular complexity index is 1260. The third kappa shape index (κ3) is 6.87. The molecule has 1 atom stereocenters. The first kappa shape index (κ1) is 26.2. The van der Waals surface area contributed by atoms with E-state index in [-0.39, 0.29) is 30.7 Å². The zero-order valence-electron chi connectivity index (χ0n) is 20.9. The molecule has 0 fully saturated rings. The lowest BCUT2D eigenvalue weighted by Crippen LogP contribution is -2.50. The van der Waals surface area contributed by atoms with E-state index >= 15 is 0 Å². The van der Waals surface area contributed by atoms with Crippen LogP contribution in [0.2, 0.25) is 5.02 Å². The van der Waals surface area contributed by atoms with Gasteiger partial charge in [0.05, 0.1) is 0 Å². The molecule has 0 radical (unpaired) electrons. The van der Waals surface area contributed by atoms with Crippen molar-refractivity contribution in [2.45, 2.75) is 31.3 Å². The molecule has 4 aromatic carbocycles. The van der Waals surface area contributed by atoms with Gasteiger partial charge in [0.15, 0.2) is 0 Å². The van der Waals surface area contributed by atoms with Crippen molar-refractivity contribution in [3.05, 3.63) is 143 Å². The zero-order valence-corrected chi connectivity index (χ0v) is 21.6. The summed E-state index contributed by atoms with van der Waals surface area (Å²) in [4.78, 5) is 29.1. The van der Waals surface area contributed by atoms with Gasteiger partial charge in [0.25, 0.3) is 0 Å². The summed E-state index contributed by atoms with van der Waals surface area (Å²) in [6.45, 7) is 0.236. The number of carbonyl (C=O) groups excluding carboxylic acids is 2. The van der Waals surface area contributed by atoms with Gasteiger partial charge in [-0.1, -0.05) is 121 Å². The highest BCUT2D eigenvalue weighted by Crippen LogP contribution is 2.30. The first-order valence-corrected chi connectivity index (χ1v) is 12.8. The molecule has 0 heterocycles. The van der Waals surface area contributed by atoms with Crippen LogP contribution in [0.25, 0.3) is 0 Å². The Kier molecular flexibility index (Phi) is 9.12. The lowest BCUT2D eigenvalue weighted by Gasteiger charge is -2.33. The predicted molar refractivity (Wildman–Crippen MR) is 149 cm³/mol. The van der Waals surface area contributed by atoms with E-state index in [4.69, 9.17) is 11.6 Å². The van der Waals surface area contributed by atoms with Gasteiger partial charge in [0.1, 0.15) is 6.04 Å². The van der Waals surface area contributed by atoms with Crippen LogP contribution < -0.4 is 5.32 Å². The molecule has 0 aliphatic carbocycles. The second kappa shape index (κ2) is 12.9. The Morgan fingerprint density at radius 3 is 1.81 bits per heavy atom. The lowest BCUT2D eigenvalue weighted by atomic mass is 9.87. The van der Waals surface area contributed by atoms with E-state index < -0.39 is 6.04 Å². The molecule has 2 amide bonds. The maximum atomic E-state index is 14.2. The van der Waals surface area contributed by atoms with E-state index in [9.17, 15) is 9.59 Å². The number of rotatable bonds is 10. The van der Waals surface area contributed by atoms with Gasteiger partial charge >= 0.3 is 0 Å². The summed E-state index contributed by atoms with van der Waals surface area (Å²) < 4.78 is 0. The van der Waals surface area contributed by atoms with E-state index in [1.54, 1.807) is 11.9 Å². The van der Waals surface area contributed by atoms with Crippen LogP contribution in [0.5, 0.6) is 0 Å². The third-order valence-corrected chi connectivity index (χ3v) is 6.97. The van der Waals surface area contributed by atoms with Crippen LogP contribution in [-0.4, -0.2) is 29.8 Å². The highest BCUT2D eigenvalue weighted by atomic mass is 35.5. The number of nitrogens with zero attached hydrogens (tertiary/aromatic N) is 1. The Morgan fingerprint density at radius 2 is 1.27 bits per heavy atom. The third-order valence-electron chi connectivity index (χ3n) is 6.60. The molecule has 37 heavy (non-hydrogen) atoms. The van der Waals surface area contributed by atoms with Crippen molar-refractivity contribution in [1.29, 1.82) is 0 Å². The first-order chi connectivity index (χ1) is 18.1. The fourth-order valence-corrected chi connectivity index (χ4v) is 4.82. The lowest BCUT2D eigenvalue weighted by molar-refractivity contribution is -0.141. The molecule has 0 aromatic heterocycles. The van der Waals surface area contributed by atoms with Gasteiger partial charge < -0.3 is 10.2 Å². The van der Waals surface area contributed by atoms with Crippen molar-refractivity contribution >= 4 is 23.4 Å². The molecular weight excluding hydrogens is 480 g/mol. The molecule has 4 rings (SSSR count). The highest BCUT2D eigenvalue weighted by Gasteiger charge is 2.32. The number of carbonyl (C=O) groups is 2. The molecule has 5 heteroatoms. The predicted octanol–water partition coefficient (Wildman–Crippen LogP) is 6.25. The maximum absolute atomic E-state index is 14.2. The summed E-state index contributed by atoms with van der Waals surface area (Å²) in [7, 11) is 1.61. The Morgan fingerprint density at radius 1 is 0.757 bits per heavy atom. The van der Waals surface area contributed by atoms with Crippen LogP contribution in [0.15, 0.2) is 115 Å². The van der Waals surface area contributed by atoms with Gasteiger partial charge in [-0.3, -0.25) is 9.59 Å². The Labute approximate surface area is 223 Å². The van der Waals surface area contributed by atoms with Crippen LogP contribution >= 0.6 is 11.6 Å². The highest BCUT2D eigenvalue weighted by molar-refractivity contribution is 6.31. The molecule has 0 saturated heterocycles. The number of amides is 2. The van der Waals surface area contributed by atoms with Crippen molar-refractivity contribution in [2.75, 3.05) is 7.05 Å². The van der Waals surface area contributed by atoms with Gasteiger partial charge in [-0.25, -0.2) is 0 Å². The average molecular weight is 511 g/mol. The van der Waals surface area contributed by atoms with Crippen LogP contribution in [0.3, 0.4) is 0 Å². The largest absolute Gasteiger partial charge is 0.357 e. The van der Waals surface area contributed by atoms with Crippen LogP contribution in [0, 0.1) is 0 Å². The van der Waals surface area contributed by atoms with E-state index in [2.05, 4.69) is 5.32 Å². The molecule has 4 aromatic rings. The summed E-state index contributed by atoms with van der Waals surface area (Å²) in [5.41, 5.74) is 3.89. The number of likely N-dealkylation sites (N-methyl/N-ethyl adjacent to an activating group) is 1. The number of benzene rings is 4. The first-order valence-electron chi connectivity index (χ1n) is 12.4. The van der Waals surface area contributed by atoms with Gasteiger partial charge in [-0.15, -0.1) is 0 Å².